The van der Waals surface area contributed by atoms with Crippen molar-refractivity contribution < 1.29 is 23.9 Å². The smallest absolute Gasteiger partial charge is 0.326 e. The van der Waals surface area contributed by atoms with Crippen LogP contribution in [0.25, 0.3) is 0 Å². The topological polar surface area (TPSA) is 99.9 Å². The predicted octanol–water partition coefficient (Wildman–Crippen LogP) is 0.674. The third kappa shape index (κ3) is 5.50. The van der Waals surface area contributed by atoms with Crippen LogP contribution in [0.1, 0.15) is 17.0 Å². The highest BCUT2D eigenvalue weighted by Crippen LogP contribution is 2.04. The van der Waals surface area contributed by atoms with Crippen LogP contribution in [-0.4, -0.2) is 59.4 Å². The summed E-state index contributed by atoms with van der Waals surface area (Å²) < 4.78 is 4.95. The van der Waals surface area contributed by atoms with Gasteiger partial charge in [0, 0.05) is 7.05 Å². The van der Waals surface area contributed by atoms with Gasteiger partial charge in [-0.2, -0.15) is 11.8 Å². The van der Waals surface area contributed by atoms with Gasteiger partial charge in [0.25, 0.3) is 5.91 Å². The lowest BCUT2D eigenvalue weighted by Crippen LogP contribution is -2.46. The van der Waals surface area contributed by atoms with Gasteiger partial charge in [0.05, 0.1) is 12.8 Å². The molecule has 0 fully saturated rings. The van der Waals surface area contributed by atoms with Crippen molar-refractivity contribution >= 4 is 29.5 Å². The van der Waals surface area contributed by atoms with Crippen LogP contribution >= 0.6 is 11.8 Å². The molecule has 0 unspecified atom stereocenters. The van der Waals surface area contributed by atoms with Crippen molar-refractivity contribution in [1.82, 2.24) is 10.2 Å². The number of thioether (sulfide) groups is 1. The van der Waals surface area contributed by atoms with Gasteiger partial charge in [0.2, 0.25) is 5.91 Å². The Bertz CT molecular complexity index is 489. The number of carbonyl (C=O) groups is 3. The van der Waals surface area contributed by atoms with E-state index >= 15 is 0 Å². The second kappa shape index (κ2) is 8.35. The minimum absolute atomic E-state index is 0.127. The molecule has 0 aliphatic carbocycles. The van der Waals surface area contributed by atoms with Crippen LogP contribution in [0.3, 0.4) is 0 Å². The molecule has 0 bridgehead atoms. The molecule has 0 aliphatic rings. The zero-order valence-corrected chi connectivity index (χ0v) is 12.7. The molecule has 21 heavy (non-hydrogen) atoms. The second-order valence-corrected chi connectivity index (χ2v) is 5.36. The van der Waals surface area contributed by atoms with Crippen LogP contribution in [0.2, 0.25) is 0 Å². The summed E-state index contributed by atoms with van der Waals surface area (Å²) in [5.74, 6) is -1.30. The van der Waals surface area contributed by atoms with Gasteiger partial charge in [-0.1, -0.05) is 0 Å². The number of nitrogens with zero attached hydrogens (tertiary/aromatic N) is 1. The lowest BCUT2D eigenvalue weighted by Gasteiger charge is -2.18. The Labute approximate surface area is 126 Å². The average Bonchev–Trinajstić information content (AvgIpc) is 2.96. The molecule has 7 nitrogen and oxygen atoms in total. The van der Waals surface area contributed by atoms with E-state index in [0.717, 1.165) is 0 Å². The minimum atomic E-state index is -1.09. The van der Waals surface area contributed by atoms with Gasteiger partial charge in [-0.25, -0.2) is 4.79 Å². The van der Waals surface area contributed by atoms with E-state index in [0.29, 0.717) is 12.2 Å². The fourth-order valence-electron chi connectivity index (χ4n) is 1.61. The molecule has 0 saturated heterocycles. The predicted molar refractivity (Wildman–Crippen MR) is 78.2 cm³/mol. The number of carboxylic acid groups (broad SMARTS) is 1. The van der Waals surface area contributed by atoms with E-state index in [1.165, 1.54) is 36.0 Å². The molecule has 116 valence electrons. The SMILES string of the molecule is CSCC[C@H](NC(=O)CN(C)C(=O)c1ccco1)C(=O)O. The molecule has 1 heterocycles. The molecule has 1 aromatic heterocycles. The highest BCUT2D eigenvalue weighted by molar-refractivity contribution is 7.98. The second-order valence-electron chi connectivity index (χ2n) is 4.38. The van der Waals surface area contributed by atoms with Crippen molar-refractivity contribution in [3.63, 3.8) is 0 Å². The Kier molecular flexibility index (Phi) is 6.80. The number of hydrogen-bond acceptors (Lipinski definition) is 5. The maximum absolute atomic E-state index is 11.9. The summed E-state index contributed by atoms with van der Waals surface area (Å²) in [6.45, 7) is -0.234. The molecule has 0 spiro atoms. The van der Waals surface area contributed by atoms with E-state index in [1.807, 2.05) is 6.26 Å². The number of carbonyl (C=O) groups excluding carboxylic acids is 2. The molecular weight excluding hydrogens is 296 g/mol. The summed E-state index contributed by atoms with van der Waals surface area (Å²) in [7, 11) is 1.45. The van der Waals surface area contributed by atoms with Crippen molar-refractivity contribution in [3.05, 3.63) is 24.2 Å². The lowest BCUT2D eigenvalue weighted by atomic mass is 10.2. The number of carboxylic acids is 1. The van der Waals surface area contributed by atoms with Crippen LogP contribution in [0, 0.1) is 0 Å². The normalized spacial score (nSPS) is 11.7. The zero-order valence-electron chi connectivity index (χ0n) is 11.9. The first-order valence-corrected chi connectivity index (χ1v) is 7.65. The first kappa shape index (κ1) is 17.1. The van der Waals surface area contributed by atoms with Gasteiger partial charge in [0.1, 0.15) is 6.04 Å². The molecule has 2 amide bonds. The summed E-state index contributed by atoms with van der Waals surface area (Å²) in [6, 6.07) is 2.12. The Balaban J connectivity index is 2.51. The largest absolute Gasteiger partial charge is 0.480 e. The number of hydrogen-bond donors (Lipinski definition) is 2. The van der Waals surface area contributed by atoms with E-state index in [-0.39, 0.29) is 12.3 Å². The number of furan rings is 1. The number of rotatable bonds is 8. The van der Waals surface area contributed by atoms with Gasteiger partial charge in [-0.15, -0.1) is 0 Å². The Hall–Kier alpha value is -1.96. The molecular formula is C13H18N2O5S. The van der Waals surface area contributed by atoms with Crippen molar-refractivity contribution in [1.29, 1.82) is 0 Å². The van der Waals surface area contributed by atoms with Crippen LogP contribution < -0.4 is 5.32 Å². The monoisotopic (exact) mass is 314 g/mol. The maximum atomic E-state index is 11.9. The molecule has 1 atom stereocenters. The summed E-state index contributed by atoms with van der Waals surface area (Å²) in [4.78, 5) is 35.9. The van der Waals surface area contributed by atoms with Gasteiger partial charge >= 0.3 is 5.97 Å². The van der Waals surface area contributed by atoms with Gasteiger partial charge < -0.3 is 19.7 Å². The quantitative estimate of drug-likeness (QED) is 0.732. The van der Waals surface area contributed by atoms with E-state index in [2.05, 4.69) is 5.32 Å². The van der Waals surface area contributed by atoms with Crippen molar-refractivity contribution in [3.8, 4) is 0 Å². The summed E-state index contributed by atoms with van der Waals surface area (Å²) >= 11 is 1.50. The number of likely N-dealkylation sites (N-methyl/N-ethyl adjacent to an activating group) is 1. The Morgan fingerprint density at radius 1 is 1.48 bits per heavy atom. The summed E-state index contributed by atoms with van der Waals surface area (Å²) in [6.07, 6.45) is 3.55. The van der Waals surface area contributed by atoms with Gasteiger partial charge in [-0.3, -0.25) is 9.59 Å². The summed E-state index contributed by atoms with van der Waals surface area (Å²) in [5.41, 5.74) is 0. The molecule has 0 aliphatic heterocycles. The fourth-order valence-corrected chi connectivity index (χ4v) is 2.08. The maximum Gasteiger partial charge on any atom is 0.326 e. The lowest BCUT2D eigenvalue weighted by molar-refractivity contribution is -0.141. The highest BCUT2D eigenvalue weighted by atomic mass is 32.2. The first-order chi connectivity index (χ1) is 9.95. The standard InChI is InChI=1S/C13H18N2O5S/c1-15(12(17)10-4-3-6-20-10)8-11(16)14-9(13(18)19)5-7-21-2/h3-4,6,9H,5,7-8H2,1-2H3,(H,14,16)(H,18,19)/t9-/m0/s1. The van der Waals surface area contributed by atoms with Crippen molar-refractivity contribution in [2.75, 3.05) is 25.6 Å². The fraction of sp³-hybridized carbons (Fsp3) is 0.462. The Morgan fingerprint density at radius 3 is 2.71 bits per heavy atom. The molecule has 0 radical (unpaired) electrons. The van der Waals surface area contributed by atoms with E-state index in [1.54, 1.807) is 6.07 Å². The van der Waals surface area contributed by atoms with Crippen LogP contribution in [0.5, 0.6) is 0 Å². The molecule has 0 saturated carbocycles. The Morgan fingerprint density at radius 2 is 2.19 bits per heavy atom. The van der Waals surface area contributed by atoms with E-state index < -0.39 is 23.8 Å². The number of aliphatic carboxylic acids is 1. The molecule has 1 rings (SSSR count). The first-order valence-electron chi connectivity index (χ1n) is 6.25. The molecule has 8 heteroatoms. The third-order valence-corrected chi connectivity index (χ3v) is 3.35. The van der Waals surface area contributed by atoms with Gasteiger partial charge in [0.15, 0.2) is 5.76 Å². The van der Waals surface area contributed by atoms with Crippen LogP contribution in [-0.2, 0) is 9.59 Å². The number of amides is 2. The van der Waals surface area contributed by atoms with Crippen molar-refractivity contribution in [2.24, 2.45) is 0 Å². The third-order valence-electron chi connectivity index (χ3n) is 2.70. The average molecular weight is 314 g/mol. The van der Waals surface area contributed by atoms with Gasteiger partial charge in [-0.05, 0) is 30.6 Å². The van der Waals surface area contributed by atoms with Crippen LogP contribution in [0.15, 0.2) is 22.8 Å². The molecule has 0 aromatic carbocycles. The van der Waals surface area contributed by atoms with Crippen LogP contribution in [0.4, 0.5) is 0 Å². The highest BCUT2D eigenvalue weighted by Gasteiger charge is 2.22. The molecule has 1 aromatic rings. The minimum Gasteiger partial charge on any atom is -0.480 e. The molecule has 2 N–H and O–H groups in total. The van der Waals surface area contributed by atoms with E-state index in [9.17, 15) is 14.4 Å². The number of nitrogens with one attached hydrogen (secondary N) is 1. The zero-order chi connectivity index (χ0) is 15.8. The summed E-state index contributed by atoms with van der Waals surface area (Å²) in [5, 5.41) is 11.4. The van der Waals surface area contributed by atoms with E-state index in [4.69, 9.17) is 9.52 Å². The van der Waals surface area contributed by atoms with Crippen molar-refractivity contribution in [2.45, 2.75) is 12.5 Å².